The van der Waals surface area contributed by atoms with Crippen LogP contribution in [0.5, 0.6) is 0 Å². The summed E-state index contributed by atoms with van der Waals surface area (Å²) in [5.41, 5.74) is 9.40. The predicted molar refractivity (Wildman–Crippen MR) is 72.1 cm³/mol. The topological polar surface area (TPSA) is 43.8 Å². The minimum Gasteiger partial charge on any atom is -0.331 e. The lowest BCUT2D eigenvalue weighted by Gasteiger charge is -2.18. The van der Waals surface area contributed by atoms with Crippen molar-refractivity contribution in [1.82, 2.24) is 9.55 Å². The van der Waals surface area contributed by atoms with Crippen molar-refractivity contribution in [3.63, 3.8) is 0 Å². The molecule has 92 valence electrons. The van der Waals surface area contributed by atoms with E-state index in [9.17, 15) is 0 Å². The third kappa shape index (κ3) is 2.50. The lowest BCUT2D eigenvalue weighted by atomic mass is 9.96. The van der Waals surface area contributed by atoms with Gasteiger partial charge >= 0.3 is 0 Å². The molecule has 0 unspecified atom stereocenters. The number of hydrogen-bond donors (Lipinski definition) is 1. The zero-order valence-corrected chi connectivity index (χ0v) is 11.1. The van der Waals surface area contributed by atoms with E-state index in [0.717, 1.165) is 24.2 Å². The van der Waals surface area contributed by atoms with Crippen LogP contribution in [-0.2, 0) is 19.9 Å². The molecule has 3 heteroatoms. The molecule has 0 amide bonds. The molecule has 1 aromatic heterocycles. The number of nitrogens with two attached hydrogens (primary N) is 1. The molecule has 0 bridgehead atoms. The highest BCUT2D eigenvalue weighted by Crippen LogP contribution is 2.19. The van der Waals surface area contributed by atoms with Crippen molar-refractivity contribution in [2.24, 2.45) is 12.8 Å². The van der Waals surface area contributed by atoms with Gasteiger partial charge in [0.05, 0.1) is 11.0 Å². The van der Waals surface area contributed by atoms with Crippen LogP contribution in [0.25, 0.3) is 11.0 Å². The van der Waals surface area contributed by atoms with Gasteiger partial charge in [-0.25, -0.2) is 4.98 Å². The maximum atomic E-state index is 6.05. The molecule has 17 heavy (non-hydrogen) atoms. The number of aromatic nitrogens is 2. The first-order chi connectivity index (χ1) is 7.90. The first-order valence-electron chi connectivity index (χ1n) is 6.14. The zero-order chi connectivity index (χ0) is 12.6. The Labute approximate surface area is 103 Å². The van der Waals surface area contributed by atoms with Gasteiger partial charge in [-0.05, 0) is 38.0 Å². The molecular weight excluding hydrogens is 210 g/mol. The monoisotopic (exact) mass is 231 g/mol. The zero-order valence-electron chi connectivity index (χ0n) is 11.1. The van der Waals surface area contributed by atoms with Crippen molar-refractivity contribution in [2.75, 3.05) is 0 Å². The summed E-state index contributed by atoms with van der Waals surface area (Å²) >= 11 is 0. The summed E-state index contributed by atoms with van der Waals surface area (Å²) in [6.07, 6.45) is 1.84. The number of hydrogen-bond acceptors (Lipinski definition) is 2. The second-order valence-electron chi connectivity index (χ2n) is 5.43. The summed E-state index contributed by atoms with van der Waals surface area (Å²) in [6.45, 7) is 6.23. The largest absolute Gasteiger partial charge is 0.331 e. The Morgan fingerprint density at radius 1 is 1.35 bits per heavy atom. The highest BCUT2D eigenvalue weighted by molar-refractivity contribution is 5.76. The second-order valence-corrected chi connectivity index (χ2v) is 5.43. The quantitative estimate of drug-likeness (QED) is 0.881. The van der Waals surface area contributed by atoms with Gasteiger partial charge in [0.2, 0.25) is 0 Å². The van der Waals surface area contributed by atoms with Crippen LogP contribution in [0.1, 0.15) is 32.2 Å². The van der Waals surface area contributed by atoms with Crippen LogP contribution < -0.4 is 5.73 Å². The van der Waals surface area contributed by atoms with Gasteiger partial charge in [-0.1, -0.05) is 13.0 Å². The number of aryl methyl sites for hydroxylation is 2. The lowest BCUT2D eigenvalue weighted by molar-refractivity contribution is 0.517. The molecular formula is C14H21N3. The van der Waals surface area contributed by atoms with Gasteiger partial charge in [0.1, 0.15) is 5.82 Å². The van der Waals surface area contributed by atoms with Gasteiger partial charge in [0, 0.05) is 19.0 Å². The average Bonchev–Trinajstić information content (AvgIpc) is 2.52. The SMILES string of the molecule is CCc1nc2cc(CC(C)(C)N)ccc2n1C. The van der Waals surface area contributed by atoms with Crippen molar-refractivity contribution < 1.29 is 0 Å². The molecule has 2 rings (SSSR count). The van der Waals surface area contributed by atoms with E-state index in [1.807, 2.05) is 13.8 Å². The van der Waals surface area contributed by atoms with Crippen LogP contribution in [0.15, 0.2) is 18.2 Å². The fourth-order valence-corrected chi connectivity index (χ4v) is 2.25. The number of benzene rings is 1. The standard InChI is InChI=1S/C14H21N3/c1-5-13-16-11-8-10(9-14(2,3)15)6-7-12(11)17(13)4/h6-8H,5,9,15H2,1-4H3. The van der Waals surface area contributed by atoms with E-state index in [1.165, 1.54) is 11.1 Å². The van der Waals surface area contributed by atoms with Crippen LogP contribution in [0, 0.1) is 0 Å². The second kappa shape index (κ2) is 4.15. The molecule has 0 aliphatic rings. The Kier molecular flexibility index (Phi) is 2.96. The van der Waals surface area contributed by atoms with Gasteiger partial charge in [0.25, 0.3) is 0 Å². The third-order valence-electron chi connectivity index (χ3n) is 3.01. The molecule has 0 atom stereocenters. The van der Waals surface area contributed by atoms with Crippen LogP contribution in [0.3, 0.4) is 0 Å². The van der Waals surface area contributed by atoms with Crippen molar-refractivity contribution in [1.29, 1.82) is 0 Å². The van der Waals surface area contributed by atoms with Crippen LogP contribution >= 0.6 is 0 Å². The van der Waals surface area contributed by atoms with Gasteiger partial charge in [-0.2, -0.15) is 0 Å². The molecule has 3 nitrogen and oxygen atoms in total. The molecule has 0 saturated heterocycles. The number of rotatable bonds is 3. The van der Waals surface area contributed by atoms with Crippen LogP contribution in [0.4, 0.5) is 0 Å². The smallest absolute Gasteiger partial charge is 0.109 e. The van der Waals surface area contributed by atoms with Gasteiger partial charge in [-0.3, -0.25) is 0 Å². The fraction of sp³-hybridized carbons (Fsp3) is 0.500. The third-order valence-corrected chi connectivity index (χ3v) is 3.01. The summed E-state index contributed by atoms with van der Waals surface area (Å²) in [7, 11) is 2.07. The molecule has 0 saturated carbocycles. The summed E-state index contributed by atoms with van der Waals surface area (Å²) < 4.78 is 2.16. The first-order valence-corrected chi connectivity index (χ1v) is 6.14. The maximum absolute atomic E-state index is 6.05. The fourth-order valence-electron chi connectivity index (χ4n) is 2.25. The number of imidazole rings is 1. The average molecular weight is 231 g/mol. The van der Waals surface area contributed by atoms with E-state index in [-0.39, 0.29) is 5.54 Å². The minimum atomic E-state index is -0.171. The predicted octanol–water partition coefficient (Wildman–Crippen LogP) is 2.42. The minimum absolute atomic E-state index is 0.171. The summed E-state index contributed by atoms with van der Waals surface area (Å²) in [5.74, 6) is 1.13. The Bertz CT molecular complexity index is 532. The Hall–Kier alpha value is -1.35. The number of nitrogens with zero attached hydrogens (tertiary/aromatic N) is 2. The Morgan fingerprint density at radius 3 is 2.65 bits per heavy atom. The van der Waals surface area contributed by atoms with E-state index in [4.69, 9.17) is 5.73 Å². The Morgan fingerprint density at radius 2 is 2.06 bits per heavy atom. The van der Waals surface area contributed by atoms with Crippen LogP contribution in [-0.4, -0.2) is 15.1 Å². The lowest BCUT2D eigenvalue weighted by Crippen LogP contribution is -2.34. The maximum Gasteiger partial charge on any atom is 0.109 e. The molecule has 0 radical (unpaired) electrons. The van der Waals surface area contributed by atoms with E-state index in [0.29, 0.717) is 0 Å². The number of fused-ring (bicyclic) bond motifs is 1. The van der Waals surface area contributed by atoms with Gasteiger partial charge < -0.3 is 10.3 Å². The molecule has 0 spiro atoms. The molecule has 0 fully saturated rings. The highest BCUT2D eigenvalue weighted by Gasteiger charge is 2.13. The Balaban J connectivity index is 2.44. The van der Waals surface area contributed by atoms with Gasteiger partial charge in [0.15, 0.2) is 0 Å². The van der Waals surface area contributed by atoms with E-state index >= 15 is 0 Å². The van der Waals surface area contributed by atoms with Crippen molar-refractivity contribution in [2.45, 2.75) is 39.2 Å². The summed E-state index contributed by atoms with van der Waals surface area (Å²) in [6, 6.07) is 6.45. The van der Waals surface area contributed by atoms with Gasteiger partial charge in [-0.15, -0.1) is 0 Å². The summed E-state index contributed by atoms with van der Waals surface area (Å²) in [5, 5.41) is 0. The molecule has 2 aromatic rings. The van der Waals surface area contributed by atoms with Crippen molar-refractivity contribution in [3.05, 3.63) is 29.6 Å². The highest BCUT2D eigenvalue weighted by atomic mass is 15.1. The molecule has 1 heterocycles. The summed E-state index contributed by atoms with van der Waals surface area (Å²) in [4.78, 5) is 4.64. The molecule has 0 aliphatic heterocycles. The molecule has 0 aliphatic carbocycles. The van der Waals surface area contributed by atoms with Crippen molar-refractivity contribution in [3.8, 4) is 0 Å². The normalized spacial score (nSPS) is 12.3. The van der Waals surface area contributed by atoms with Crippen molar-refractivity contribution >= 4 is 11.0 Å². The van der Waals surface area contributed by atoms with E-state index < -0.39 is 0 Å². The first kappa shape index (κ1) is 12.1. The molecule has 1 aromatic carbocycles. The van der Waals surface area contributed by atoms with E-state index in [2.05, 4.69) is 41.7 Å². The van der Waals surface area contributed by atoms with Crippen LogP contribution in [0.2, 0.25) is 0 Å². The van der Waals surface area contributed by atoms with E-state index in [1.54, 1.807) is 0 Å². The molecule has 2 N–H and O–H groups in total.